The van der Waals surface area contributed by atoms with Crippen LogP contribution in [0.25, 0.3) is 0 Å². The number of benzene rings is 3. The summed E-state index contributed by atoms with van der Waals surface area (Å²) in [5.41, 5.74) is 0.768. The van der Waals surface area contributed by atoms with Crippen LogP contribution in [0.15, 0.2) is 91.0 Å². The van der Waals surface area contributed by atoms with E-state index in [0.717, 1.165) is 31.3 Å². The topological polar surface area (TPSA) is 40.1 Å². The number of carboxylic acids is 1. The molecule has 0 spiro atoms. The Hall–Kier alpha value is -2.44. The number of carboxylic acid groups (broad SMARTS) is 1. The minimum absolute atomic E-state index is 0.222. The molecule has 4 rings (SSSR count). The second-order valence-electron chi connectivity index (χ2n) is 8.85. The average Bonchev–Trinajstić information content (AvgIpc) is 3.40. The number of carbonyl (C=O) groups is 1. The van der Waals surface area contributed by atoms with Crippen LogP contribution in [0.3, 0.4) is 0 Å². The molecular weight excluding hydrogens is 423 g/mol. The predicted octanol–water partition coefficient (Wildman–Crippen LogP) is 5.63. The molecule has 1 aliphatic rings. The molecule has 0 radical (unpaired) electrons. The first kappa shape index (κ1) is 25.2. The maximum absolute atomic E-state index is 9.85. The van der Waals surface area contributed by atoms with Gasteiger partial charge in [0.25, 0.3) is 0 Å². The highest BCUT2D eigenvalue weighted by atomic mass is 31.2. The second-order valence-corrected chi connectivity index (χ2v) is 12.6. The van der Waals surface area contributed by atoms with E-state index in [1.165, 1.54) is 41.6 Å². The molecule has 33 heavy (non-hydrogen) atoms. The Bertz CT molecular complexity index is 838. The summed E-state index contributed by atoms with van der Waals surface area (Å²) in [4.78, 5) is 9.85. The van der Waals surface area contributed by atoms with Crippen molar-refractivity contribution in [1.82, 2.24) is 0 Å². The van der Waals surface area contributed by atoms with Crippen molar-refractivity contribution in [1.29, 1.82) is 0 Å². The number of hydrogen-bond donors (Lipinski definition) is 0. The largest absolute Gasteiger partial charge is 0.550 e. The fourth-order valence-electron chi connectivity index (χ4n) is 5.06. The van der Waals surface area contributed by atoms with Gasteiger partial charge in [-0.25, -0.2) is 0 Å². The van der Waals surface area contributed by atoms with Crippen LogP contribution in [0.1, 0.15) is 64.7 Å². The maximum atomic E-state index is 9.85. The number of aliphatic carboxylic acids is 1. The molecule has 0 aromatic heterocycles. The Balaban J connectivity index is 0.000000292. The van der Waals surface area contributed by atoms with Gasteiger partial charge in [-0.3, -0.25) is 0 Å². The van der Waals surface area contributed by atoms with Gasteiger partial charge in [0.05, 0.1) is 5.66 Å². The molecule has 1 aliphatic carbocycles. The lowest BCUT2D eigenvalue weighted by molar-refractivity contribution is -0.305. The zero-order valence-corrected chi connectivity index (χ0v) is 20.8. The number of rotatable bonds is 9. The first-order valence-electron chi connectivity index (χ1n) is 12.4. The summed E-state index contributed by atoms with van der Waals surface area (Å²) < 4.78 is 0. The molecule has 0 bridgehead atoms. The summed E-state index contributed by atoms with van der Waals surface area (Å²) in [6, 6.07) is 33.9. The van der Waals surface area contributed by atoms with E-state index in [2.05, 4.69) is 97.9 Å². The molecule has 0 saturated heterocycles. The highest BCUT2D eigenvalue weighted by Gasteiger charge is 2.52. The zero-order chi connectivity index (χ0) is 23.4. The lowest BCUT2D eigenvalue weighted by Crippen LogP contribution is -2.37. The molecular formula is C30H37O2P. The van der Waals surface area contributed by atoms with E-state index in [0.29, 0.717) is 0 Å². The summed E-state index contributed by atoms with van der Waals surface area (Å²) in [5, 5.41) is 14.5. The molecule has 0 unspecified atom stereocenters. The minimum Gasteiger partial charge on any atom is -0.550 e. The van der Waals surface area contributed by atoms with Gasteiger partial charge in [0.2, 0.25) is 0 Å². The van der Waals surface area contributed by atoms with Crippen LogP contribution in [-0.4, -0.2) is 11.6 Å². The molecule has 0 heterocycles. The Morgan fingerprint density at radius 3 is 1.52 bits per heavy atom. The van der Waals surface area contributed by atoms with Crippen LogP contribution >= 0.6 is 7.26 Å². The third kappa shape index (κ3) is 6.55. The Morgan fingerprint density at radius 1 is 0.727 bits per heavy atom. The van der Waals surface area contributed by atoms with Crippen LogP contribution in [0, 0.1) is 0 Å². The van der Waals surface area contributed by atoms with Crippen molar-refractivity contribution < 1.29 is 9.90 Å². The Labute approximate surface area is 200 Å². The fraction of sp³-hybridized carbons (Fsp3) is 0.367. The molecule has 3 aromatic carbocycles. The van der Waals surface area contributed by atoms with Gasteiger partial charge in [-0.1, -0.05) is 80.8 Å². The van der Waals surface area contributed by atoms with E-state index in [-0.39, 0.29) is 6.42 Å². The molecule has 0 amide bonds. The van der Waals surface area contributed by atoms with Gasteiger partial charge in [0, 0.05) is 5.97 Å². The lowest BCUT2D eigenvalue weighted by Gasteiger charge is -2.32. The first-order valence-corrected chi connectivity index (χ1v) is 14.3. The summed E-state index contributed by atoms with van der Waals surface area (Å²) in [6.07, 6.45) is 9.75. The van der Waals surface area contributed by atoms with Crippen LogP contribution in [0.2, 0.25) is 0 Å². The Kier molecular flexibility index (Phi) is 10.2. The van der Waals surface area contributed by atoms with Gasteiger partial charge >= 0.3 is 0 Å². The number of carbonyl (C=O) groups excluding carboxylic acids is 1. The summed E-state index contributed by atoms with van der Waals surface area (Å²) in [6.45, 7) is 2.10. The van der Waals surface area contributed by atoms with E-state index in [9.17, 15) is 9.90 Å². The standard InChI is InChI=1S/C23H24P.C7H14O2/c1-4-12-20(13-5-1)24(23-18-10-11-19-23,21-14-6-2-7-15-21)22-16-8-3-9-17-22;1-2-3-4-5-6-7(8)9/h1-9,12-17,23H,10-11,18-19H2;2-6H2,1H3,(H,8,9)/q+1;/p-1. The molecule has 3 aromatic rings. The van der Waals surface area contributed by atoms with Crippen molar-refractivity contribution in [3.05, 3.63) is 91.0 Å². The van der Waals surface area contributed by atoms with Crippen molar-refractivity contribution >= 4 is 29.1 Å². The molecule has 0 atom stereocenters. The van der Waals surface area contributed by atoms with Crippen LogP contribution < -0.4 is 21.0 Å². The van der Waals surface area contributed by atoms with E-state index < -0.39 is 13.2 Å². The molecule has 1 fully saturated rings. The van der Waals surface area contributed by atoms with Gasteiger partial charge < -0.3 is 9.90 Å². The summed E-state index contributed by atoms with van der Waals surface area (Å²) >= 11 is 0. The molecule has 1 saturated carbocycles. The molecule has 2 nitrogen and oxygen atoms in total. The molecule has 3 heteroatoms. The van der Waals surface area contributed by atoms with Gasteiger partial charge in [-0.2, -0.15) is 0 Å². The van der Waals surface area contributed by atoms with Gasteiger partial charge in [0.1, 0.15) is 23.2 Å². The van der Waals surface area contributed by atoms with Crippen molar-refractivity contribution in [3.8, 4) is 0 Å². The third-order valence-electron chi connectivity index (χ3n) is 6.60. The van der Waals surface area contributed by atoms with Crippen molar-refractivity contribution in [2.45, 2.75) is 70.4 Å². The SMILES string of the molecule is CCCCCCC(=O)[O-].c1ccc([P+](c2ccccc2)(c2ccccc2)C2CCCC2)cc1. The first-order chi connectivity index (χ1) is 16.2. The predicted molar refractivity (Wildman–Crippen MR) is 141 cm³/mol. The average molecular weight is 461 g/mol. The third-order valence-corrected chi connectivity index (χ3v) is 11.5. The molecule has 0 N–H and O–H groups in total. The highest BCUT2D eigenvalue weighted by molar-refractivity contribution is 7.96. The zero-order valence-electron chi connectivity index (χ0n) is 19.9. The maximum Gasteiger partial charge on any atom is 0.115 e. The summed E-state index contributed by atoms with van der Waals surface area (Å²) in [5.74, 6) is -0.925. The van der Waals surface area contributed by atoms with E-state index in [1.807, 2.05) is 0 Å². The van der Waals surface area contributed by atoms with Crippen molar-refractivity contribution in [2.24, 2.45) is 0 Å². The quantitative estimate of drug-likeness (QED) is 0.307. The van der Waals surface area contributed by atoms with Gasteiger partial charge in [-0.15, -0.1) is 0 Å². The minimum atomic E-state index is -1.60. The Morgan fingerprint density at radius 2 is 1.15 bits per heavy atom. The van der Waals surface area contributed by atoms with Gasteiger partial charge in [-0.05, 0) is 74.9 Å². The van der Waals surface area contributed by atoms with E-state index >= 15 is 0 Å². The number of unbranched alkanes of at least 4 members (excludes halogenated alkanes) is 3. The van der Waals surface area contributed by atoms with E-state index in [4.69, 9.17) is 0 Å². The van der Waals surface area contributed by atoms with Gasteiger partial charge in [0.15, 0.2) is 0 Å². The highest BCUT2D eigenvalue weighted by Crippen LogP contribution is 2.63. The molecule has 0 aliphatic heterocycles. The van der Waals surface area contributed by atoms with Crippen molar-refractivity contribution in [2.75, 3.05) is 0 Å². The smallest absolute Gasteiger partial charge is 0.115 e. The normalized spacial score (nSPS) is 13.8. The second kappa shape index (κ2) is 13.3. The number of hydrogen-bond acceptors (Lipinski definition) is 2. The molecule has 174 valence electrons. The van der Waals surface area contributed by atoms with Crippen molar-refractivity contribution in [3.63, 3.8) is 0 Å². The van der Waals surface area contributed by atoms with E-state index in [1.54, 1.807) is 0 Å². The summed E-state index contributed by atoms with van der Waals surface area (Å²) in [7, 11) is -1.60. The lowest BCUT2D eigenvalue weighted by atomic mass is 10.2. The van der Waals surface area contributed by atoms with Crippen LogP contribution in [-0.2, 0) is 4.79 Å². The van der Waals surface area contributed by atoms with Crippen LogP contribution in [0.5, 0.6) is 0 Å². The van der Waals surface area contributed by atoms with Crippen LogP contribution in [0.4, 0.5) is 0 Å². The monoisotopic (exact) mass is 460 g/mol. The fourth-order valence-corrected chi connectivity index (χ4v) is 10.3.